The van der Waals surface area contributed by atoms with Gasteiger partial charge >= 0.3 is 6.09 Å². The van der Waals surface area contributed by atoms with Gasteiger partial charge in [-0.05, 0) is 77.6 Å². The highest BCUT2D eigenvalue weighted by molar-refractivity contribution is 5.80. The summed E-state index contributed by atoms with van der Waals surface area (Å²) < 4.78 is 5.46. The van der Waals surface area contributed by atoms with Crippen LogP contribution in [0.1, 0.15) is 66.2 Å². The van der Waals surface area contributed by atoms with Crippen LogP contribution in [0.4, 0.5) is 4.79 Å². The molecule has 2 saturated carbocycles. The molecule has 0 aromatic heterocycles. The molecule has 0 radical (unpaired) electrons. The highest BCUT2D eigenvalue weighted by atomic mass is 16.6. The van der Waals surface area contributed by atoms with Crippen LogP contribution in [0.2, 0.25) is 0 Å². The van der Waals surface area contributed by atoms with Crippen molar-refractivity contribution in [3.63, 3.8) is 0 Å². The van der Waals surface area contributed by atoms with E-state index in [1.54, 1.807) is 4.90 Å². The standard InChI is InChI=1S/C20H34N2O3/c1-13(17-11-14-7-8-15(17)10-14)21-18(23)16-6-5-9-22(12-16)19(24)25-20(2,3)4/h13-17H,5-12H2,1-4H3,(H,21,23). The quantitative estimate of drug-likeness (QED) is 0.846. The number of hydrogen-bond donors (Lipinski definition) is 1. The fourth-order valence-electron chi connectivity index (χ4n) is 5.04. The molecule has 2 bridgehead atoms. The second kappa shape index (κ2) is 7.16. The molecule has 142 valence electrons. The predicted octanol–water partition coefficient (Wildman–Crippen LogP) is 3.57. The van der Waals surface area contributed by atoms with Gasteiger partial charge in [-0.2, -0.15) is 0 Å². The zero-order valence-electron chi connectivity index (χ0n) is 16.2. The Hall–Kier alpha value is -1.26. The molecule has 2 amide bonds. The van der Waals surface area contributed by atoms with Crippen LogP contribution in [-0.4, -0.2) is 41.6 Å². The van der Waals surface area contributed by atoms with Gasteiger partial charge in [0.05, 0.1) is 5.92 Å². The third-order valence-electron chi connectivity index (χ3n) is 6.25. The van der Waals surface area contributed by atoms with Crippen molar-refractivity contribution in [1.29, 1.82) is 0 Å². The van der Waals surface area contributed by atoms with Crippen LogP contribution in [0, 0.1) is 23.7 Å². The van der Waals surface area contributed by atoms with Crippen molar-refractivity contribution in [2.45, 2.75) is 77.9 Å². The Morgan fingerprint density at radius 1 is 1.16 bits per heavy atom. The molecule has 0 aromatic carbocycles. The summed E-state index contributed by atoms with van der Waals surface area (Å²) in [7, 11) is 0. The molecule has 1 N–H and O–H groups in total. The lowest BCUT2D eigenvalue weighted by atomic mass is 9.83. The van der Waals surface area contributed by atoms with Crippen LogP contribution in [0.25, 0.3) is 0 Å². The lowest BCUT2D eigenvalue weighted by molar-refractivity contribution is -0.127. The Morgan fingerprint density at radius 2 is 1.92 bits per heavy atom. The zero-order valence-corrected chi connectivity index (χ0v) is 16.2. The fraction of sp³-hybridized carbons (Fsp3) is 0.900. The van der Waals surface area contributed by atoms with Gasteiger partial charge in [-0.3, -0.25) is 4.79 Å². The van der Waals surface area contributed by atoms with E-state index in [0.717, 1.165) is 24.7 Å². The minimum Gasteiger partial charge on any atom is -0.444 e. The number of ether oxygens (including phenoxy) is 1. The Bertz CT molecular complexity index is 514. The molecule has 25 heavy (non-hydrogen) atoms. The number of likely N-dealkylation sites (tertiary alicyclic amines) is 1. The molecule has 3 fully saturated rings. The van der Waals surface area contributed by atoms with Crippen molar-refractivity contribution < 1.29 is 14.3 Å². The van der Waals surface area contributed by atoms with E-state index >= 15 is 0 Å². The van der Waals surface area contributed by atoms with Gasteiger partial charge in [-0.15, -0.1) is 0 Å². The monoisotopic (exact) mass is 350 g/mol. The van der Waals surface area contributed by atoms with Gasteiger partial charge in [0, 0.05) is 19.1 Å². The highest BCUT2D eigenvalue weighted by Crippen LogP contribution is 2.49. The molecule has 5 nitrogen and oxygen atoms in total. The number of nitrogens with zero attached hydrogens (tertiary/aromatic N) is 1. The SMILES string of the molecule is CC(NC(=O)C1CCCN(C(=O)OC(C)(C)C)C1)C1CC2CCC1C2. The van der Waals surface area contributed by atoms with Gasteiger partial charge < -0.3 is 15.0 Å². The van der Waals surface area contributed by atoms with E-state index in [4.69, 9.17) is 4.74 Å². The van der Waals surface area contributed by atoms with Crippen LogP contribution in [-0.2, 0) is 9.53 Å². The summed E-state index contributed by atoms with van der Waals surface area (Å²) in [6.07, 6.45) is 6.78. The smallest absolute Gasteiger partial charge is 0.410 e. The normalized spacial score (nSPS) is 33.2. The van der Waals surface area contributed by atoms with E-state index in [-0.39, 0.29) is 24.0 Å². The van der Waals surface area contributed by atoms with Gasteiger partial charge in [0.15, 0.2) is 0 Å². The van der Waals surface area contributed by atoms with Crippen molar-refractivity contribution in [1.82, 2.24) is 10.2 Å². The molecule has 1 aliphatic heterocycles. The molecule has 5 atom stereocenters. The number of carbonyl (C=O) groups is 2. The molecular formula is C20H34N2O3. The van der Waals surface area contributed by atoms with Crippen LogP contribution in [0.5, 0.6) is 0 Å². The van der Waals surface area contributed by atoms with Crippen molar-refractivity contribution in [3.05, 3.63) is 0 Å². The van der Waals surface area contributed by atoms with Crippen LogP contribution < -0.4 is 5.32 Å². The van der Waals surface area contributed by atoms with Crippen molar-refractivity contribution in [3.8, 4) is 0 Å². The van der Waals surface area contributed by atoms with Gasteiger partial charge in [-0.1, -0.05) is 6.42 Å². The maximum Gasteiger partial charge on any atom is 0.410 e. The summed E-state index contributed by atoms with van der Waals surface area (Å²) >= 11 is 0. The number of fused-ring (bicyclic) bond motifs is 2. The van der Waals surface area contributed by atoms with Crippen LogP contribution in [0.15, 0.2) is 0 Å². The molecule has 0 spiro atoms. The first kappa shape index (κ1) is 18.5. The zero-order chi connectivity index (χ0) is 18.2. The molecule has 0 aromatic rings. The van der Waals surface area contributed by atoms with Crippen molar-refractivity contribution in [2.75, 3.05) is 13.1 Å². The second-order valence-corrected chi connectivity index (χ2v) is 9.40. The van der Waals surface area contributed by atoms with Crippen LogP contribution in [0.3, 0.4) is 0 Å². The average Bonchev–Trinajstić information content (AvgIpc) is 3.16. The maximum atomic E-state index is 12.7. The van der Waals surface area contributed by atoms with E-state index in [2.05, 4.69) is 12.2 Å². The molecule has 3 rings (SSSR count). The van der Waals surface area contributed by atoms with Gasteiger partial charge in [-0.25, -0.2) is 4.79 Å². The van der Waals surface area contributed by atoms with E-state index < -0.39 is 5.60 Å². The molecule has 3 aliphatic rings. The van der Waals surface area contributed by atoms with E-state index in [1.807, 2.05) is 20.8 Å². The Kier molecular flexibility index (Phi) is 5.31. The first-order chi connectivity index (χ1) is 11.7. The molecule has 2 aliphatic carbocycles. The minimum atomic E-state index is -0.497. The molecule has 5 heteroatoms. The summed E-state index contributed by atoms with van der Waals surface area (Å²) in [4.78, 5) is 26.7. The summed E-state index contributed by atoms with van der Waals surface area (Å²) in [5.41, 5.74) is -0.497. The lowest BCUT2D eigenvalue weighted by Crippen LogP contribution is -2.49. The van der Waals surface area contributed by atoms with Crippen molar-refractivity contribution in [2.24, 2.45) is 23.7 Å². The molecule has 5 unspecified atom stereocenters. The third-order valence-corrected chi connectivity index (χ3v) is 6.25. The number of amides is 2. The van der Waals surface area contributed by atoms with E-state index in [1.165, 1.54) is 25.7 Å². The summed E-state index contributed by atoms with van der Waals surface area (Å²) in [6.45, 7) is 8.94. The Balaban J connectivity index is 1.50. The van der Waals surface area contributed by atoms with E-state index in [9.17, 15) is 9.59 Å². The van der Waals surface area contributed by atoms with Crippen molar-refractivity contribution >= 4 is 12.0 Å². The first-order valence-corrected chi connectivity index (χ1v) is 10.0. The summed E-state index contributed by atoms with van der Waals surface area (Å²) in [6, 6.07) is 0.250. The maximum absolute atomic E-state index is 12.7. The fourth-order valence-corrected chi connectivity index (χ4v) is 5.04. The third kappa shape index (κ3) is 4.48. The lowest BCUT2D eigenvalue weighted by Gasteiger charge is -2.35. The van der Waals surface area contributed by atoms with Crippen LogP contribution >= 0.6 is 0 Å². The number of carbonyl (C=O) groups excluding carboxylic acids is 2. The Morgan fingerprint density at radius 3 is 2.52 bits per heavy atom. The van der Waals surface area contributed by atoms with Gasteiger partial charge in [0.2, 0.25) is 5.91 Å². The Labute approximate surface area is 151 Å². The molecule has 1 heterocycles. The number of hydrogen-bond acceptors (Lipinski definition) is 3. The topological polar surface area (TPSA) is 58.6 Å². The minimum absolute atomic E-state index is 0.109. The number of nitrogens with one attached hydrogen (secondary N) is 1. The number of rotatable bonds is 3. The first-order valence-electron chi connectivity index (χ1n) is 10.0. The largest absolute Gasteiger partial charge is 0.444 e. The number of piperidine rings is 1. The summed E-state index contributed by atoms with van der Waals surface area (Å²) in [5.74, 6) is 2.36. The molecule has 1 saturated heterocycles. The van der Waals surface area contributed by atoms with Gasteiger partial charge in [0.25, 0.3) is 0 Å². The second-order valence-electron chi connectivity index (χ2n) is 9.40. The summed E-state index contributed by atoms with van der Waals surface area (Å²) in [5, 5.41) is 3.27. The average molecular weight is 351 g/mol. The molecular weight excluding hydrogens is 316 g/mol. The highest BCUT2D eigenvalue weighted by Gasteiger charge is 2.42. The predicted molar refractivity (Wildman–Crippen MR) is 97.1 cm³/mol. The van der Waals surface area contributed by atoms with Gasteiger partial charge in [0.1, 0.15) is 5.60 Å². The van der Waals surface area contributed by atoms with E-state index in [0.29, 0.717) is 19.0 Å².